The standard InChI is InChI=1S/C19H18ClFN2O4S/c1-28(26,27)15-5-2-13(3-6-15)18(24)22-8-10-23(11-9-22)19(25)16-7-4-14(21)12-17(16)20/h2-7,12H,8-11H2,1H3. The first-order valence-corrected chi connectivity index (χ1v) is 10.8. The SMILES string of the molecule is CS(=O)(=O)c1ccc(C(=O)N2CCN(C(=O)c3ccc(F)cc3Cl)CC2)cc1. The fourth-order valence-corrected chi connectivity index (χ4v) is 3.85. The number of hydrogen-bond donors (Lipinski definition) is 0. The van der Waals surface area contributed by atoms with E-state index in [1.165, 1.54) is 36.4 Å². The topological polar surface area (TPSA) is 74.8 Å². The molecule has 1 saturated heterocycles. The first kappa shape index (κ1) is 20.3. The molecule has 0 unspecified atom stereocenters. The van der Waals surface area contributed by atoms with E-state index in [4.69, 9.17) is 11.6 Å². The van der Waals surface area contributed by atoms with Crippen molar-refractivity contribution >= 4 is 33.3 Å². The van der Waals surface area contributed by atoms with Gasteiger partial charge in [0, 0.05) is 38.0 Å². The minimum Gasteiger partial charge on any atom is -0.335 e. The Morgan fingerprint density at radius 2 is 1.46 bits per heavy atom. The summed E-state index contributed by atoms with van der Waals surface area (Å²) in [5.74, 6) is -1.06. The van der Waals surface area contributed by atoms with Crippen LogP contribution in [0, 0.1) is 5.82 Å². The maximum Gasteiger partial charge on any atom is 0.255 e. The third kappa shape index (κ3) is 4.34. The van der Waals surface area contributed by atoms with E-state index in [2.05, 4.69) is 0 Å². The molecule has 0 atom stereocenters. The van der Waals surface area contributed by atoms with Crippen LogP contribution >= 0.6 is 11.6 Å². The lowest BCUT2D eigenvalue weighted by Gasteiger charge is -2.35. The van der Waals surface area contributed by atoms with E-state index in [1.807, 2.05) is 0 Å². The maximum absolute atomic E-state index is 13.2. The molecular weight excluding hydrogens is 407 g/mol. The van der Waals surface area contributed by atoms with Crippen LogP contribution in [0.1, 0.15) is 20.7 Å². The highest BCUT2D eigenvalue weighted by Gasteiger charge is 2.26. The summed E-state index contributed by atoms with van der Waals surface area (Å²) in [5.41, 5.74) is 0.605. The van der Waals surface area contributed by atoms with Crippen LogP contribution in [0.4, 0.5) is 4.39 Å². The van der Waals surface area contributed by atoms with Crippen molar-refractivity contribution in [2.24, 2.45) is 0 Å². The van der Waals surface area contributed by atoms with Crippen LogP contribution in [0.15, 0.2) is 47.4 Å². The Bertz CT molecular complexity index is 1020. The van der Waals surface area contributed by atoms with Crippen molar-refractivity contribution in [1.82, 2.24) is 9.80 Å². The van der Waals surface area contributed by atoms with Gasteiger partial charge in [-0.2, -0.15) is 0 Å². The molecule has 1 aliphatic heterocycles. The number of carbonyl (C=O) groups is 2. The van der Waals surface area contributed by atoms with Gasteiger partial charge in [-0.3, -0.25) is 9.59 Å². The molecule has 0 bridgehead atoms. The molecule has 2 aromatic carbocycles. The van der Waals surface area contributed by atoms with Crippen LogP contribution in [0.3, 0.4) is 0 Å². The molecule has 0 aromatic heterocycles. The number of piperazine rings is 1. The quantitative estimate of drug-likeness (QED) is 0.758. The van der Waals surface area contributed by atoms with E-state index in [1.54, 1.807) is 9.80 Å². The van der Waals surface area contributed by atoms with Gasteiger partial charge in [0.2, 0.25) is 0 Å². The zero-order valence-electron chi connectivity index (χ0n) is 15.1. The van der Waals surface area contributed by atoms with E-state index in [-0.39, 0.29) is 27.3 Å². The Kier molecular flexibility index (Phi) is 5.71. The van der Waals surface area contributed by atoms with E-state index >= 15 is 0 Å². The third-order valence-electron chi connectivity index (χ3n) is 4.55. The summed E-state index contributed by atoms with van der Waals surface area (Å²) in [6.45, 7) is 1.30. The molecule has 148 valence electrons. The molecule has 0 aliphatic carbocycles. The Morgan fingerprint density at radius 3 is 1.96 bits per heavy atom. The summed E-state index contributed by atoms with van der Waals surface area (Å²) in [4.78, 5) is 28.5. The number of amides is 2. The molecule has 1 aliphatic rings. The second kappa shape index (κ2) is 7.89. The summed E-state index contributed by atoms with van der Waals surface area (Å²) in [6.07, 6.45) is 1.10. The molecule has 2 aromatic rings. The van der Waals surface area contributed by atoms with Crippen molar-refractivity contribution in [3.8, 4) is 0 Å². The maximum atomic E-state index is 13.2. The van der Waals surface area contributed by atoms with Gasteiger partial charge in [-0.15, -0.1) is 0 Å². The molecule has 3 rings (SSSR count). The fourth-order valence-electron chi connectivity index (χ4n) is 2.97. The zero-order valence-corrected chi connectivity index (χ0v) is 16.6. The minimum atomic E-state index is -3.32. The van der Waals surface area contributed by atoms with Gasteiger partial charge < -0.3 is 9.80 Å². The summed E-state index contributed by atoms with van der Waals surface area (Å²) < 4.78 is 36.2. The van der Waals surface area contributed by atoms with E-state index in [9.17, 15) is 22.4 Å². The van der Waals surface area contributed by atoms with Gasteiger partial charge in [0.1, 0.15) is 5.82 Å². The highest BCUT2D eigenvalue weighted by Crippen LogP contribution is 2.20. The van der Waals surface area contributed by atoms with Gasteiger partial charge >= 0.3 is 0 Å². The number of rotatable bonds is 3. The van der Waals surface area contributed by atoms with Gasteiger partial charge in [-0.25, -0.2) is 12.8 Å². The highest BCUT2D eigenvalue weighted by atomic mass is 35.5. The van der Waals surface area contributed by atoms with Crippen molar-refractivity contribution < 1.29 is 22.4 Å². The van der Waals surface area contributed by atoms with E-state index in [0.717, 1.165) is 12.3 Å². The Labute approximate surface area is 167 Å². The lowest BCUT2D eigenvalue weighted by atomic mass is 10.1. The normalized spacial score (nSPS) is 14.8. The lowest BCUT2D eigenvalue weighted by molar-refractivity contribution is 0.0535. The molecule has 0 radical (unpaired) electrons. The number of halogens is 2. The fraction of sp³-hybridized carbons (Fsp3) is 0.263. The van der Waals surface area contributed by atoms with Crippen molar-refractivity contribution in [2.45, 2.75) is 4.90 Å². The van der Waals surface area contributed by atoms with Gasteiger partial charge in [0.05, 0.1) is 15.5 Å². The smallest absolute Gasteiger partial charge is 0.255 e. The second-order valence-electron chi connectivity index (χ2n) is 6.51. The second-order valence-corrected chi connectivity index (χ2v) is 8.93. The highest BCUT2D eigenvalue weighted by molar-refractivity contribution is 7.90. The monoisotopic (exact) mass is 424 g/mol. The Balaban J connectivity index is 1.64. The molecule has 1 heterocycles. The van der Waals surface area contributed by atoms with Crippen LogP contribution in [-0.4, -0.2) is 62.5 Å². The number of hydrogen-bond acceptors (Lipinski definition) is 4. The van der Waals surface area contributed by atoms with Crippen LogP contribution < -0.4 is 0 Å². The Hall–Kier alpha value is -2.45. The van der Waals surface area contributed by atoms with Crippen LogP contribution in [-0.2, 0) is 9.84 Å². The van der Waals surface area contributed by atoms with Crippen molar-refractivity contribution in [3.05, 3.63) is 64.4 Å². The largest absolute Gasteiger partial charge is 0.335 e. The van der Waals surface area contributed by atoms with Crippen LogP contribution in [0.5, 0.6) is 0 Å². The molecule has 6 nitrogen and oxygen atoms in total. The van der Waals surface area contributed by atoms with Crippen molar-refractivity contribution in [2.75, 3.05) is 32.4 Å². The van der Waals surface area contributed by atoms with Crippen molar-refractivity contribution in [3.63, 3.8) is 0 Å². The predicted molar refractivity (Wildman–Crippen MR) is 103 cm³/mol. The molecule has 28 heavy (non-hydrogen) atoms. The number of nitrogens with zero attached hydrogens (tertiary/aromatic N) is 2. The summed E-state index contributed by atoms with van der Waals surface area (Å²) in [6, 6.07) is 9.38. The summed E-state index contributed by atoms with van der Waals surface area (Å²) in [7, 11) is -3.32. The molecular formula is C19H18ClFN2O4S. The van der Waals surface area contributed by atoms with Crippen LogP contribution in [0.2, 0.25) is 5.02 Å². The van der Waals surface area contributed by atoms with Gasteiger partial charge in [0.15, 0.2) is 9.84 Å². The van der Waals surface area contributed by atoms with Crippen molar-refractivity contribution in [1.29, 1.82) is 0 Å². The number of sulfone groups is 1. The van der Waals surface area contributed by atoms with Crippen LogP contribution in [0.25, 0.3) is 0 Å². The van der Waals surface area contributed by atoms with Gasteiger partial charge in [0.25, 0.3) is 11.8 Å². The first-order valence-electron chi connectivity index (χ1n) is 8.50. The lowest BCUT2D eigenvalue weighted by Crippen LogP contribution is -2.50. The van der Waals surface area contributed by atoms with Gasteiger partial charge in [-0.1, -0.05) is 11.6 Å². The number of carbonyl (C=O) groups excluding carboxylic acids is 2. The predicted octanol–water partition coefficient (Wildman–Crippen LogP) is 2.48. The third-order valence-corrected chi connectivity index (χ3v) is 5.99. The molecule has 0 saturated carbocycles. The zero-order chi connectivity index (χ0) is 20.5. The number of benzene rings is 2. The molecule has 2 amide bonds. The first-order chi connectivity index (χ1) is 13.2. The molecule has 0 N–H and O–H groups in total. The van der Waals surface area contributed by atoms with E-state index in [0.29, 0.717) is 31.7 Å². The summed E-state index contributed by atoms with van der Waals surface area (Å²) >= 11 is 5.95. The van der Waals surface area contributed by atoms with E-state index < -0.39 is 15.7 Å². The molecule has 0 spiro atoms. The average Bonchev–Trinajstić information content (AvgIpc) is 2.66. The Morgan fingerprint density at radius 1 is 0.929 bits per heavy atom. The van der Waals surface area contributed by atoms with Gasteiger partial charge in [-0.05, 0) is 42.5 Å². The average molecular weight is 425 g/mol. The molecule has 1 fully saturated rings. The minimum absolute atomic E-state index is 0.0504. The summed E-state index contributed by atoms with van der Waals surface area (Å²) in [5, 5.41) is 0.0504. The molecule has 9 heteroatoms.